The van der Waals surface area contributed by atoms with Crippen LogP contribution in [0, 0.1) is 12.7 Å². The van der Waals surface area contributed by atoms with E-state index >= 15 is 0 Å². The minimum absolute atomic E-state index is 0.149. The Labute approximate surface area is 157 Å². The molecule has 0 aliphatic carbocycles. The Balaban J connectivity index is 1.79. The van der Waals surface area contributed by atoms with Gasteiger partial charge in [0.25, 0.3) is 11.1 Å². The fraction of sp³-hybridized carbons (Fsp3) is 0.100. The minimum Gasteiger partial charge on any atom is -0.266 e. The maximum Gasteiger partial charge on any atom is 0.296 e. The molecule has 0 radical (unpaired) electrons. The monoisotopic (exact) mass is 379 g/mol. The van der Waals surface area contributed by atoms with Gasteiger partial charge < -0.3 is 0 Å². The molecule has 0 saturated heterocycles. The molecule has 5 nitrogen and oxygen atoms in total. The van der Waals surface area contributed by atoms with Gasteiger partial charge in [0.2, 0.25) is 4.96 Å². The third-order valence-corrected chi connectivity index (χ3v) is 5.07. The molecular weight excluding hydrogens is 365 g/mol. The van der Waals surface area contributed by atoms with Gasteiger partial charge in [0.15, 0.2) is 0 Å². The van der Waals surface area contributed by atoms with Gasteiger partial charge in [-0.3, -0.25) is 9.59 Å². The predicted molar refractivity (Wildman–Crippen MR) is 103 cm³/mol. The van der Waals surface area contributed by atoms with Crippen molar-refractivity contribution in [2.45, 2.75) is 13.3 Å². The third kappa shape index (κ3) is 3.54. The van der Waals surface area contributed by atoms with E-state index in [9.17, 15) is 14.0 Å². The summed E-state index contributed by atoms with van der Waals surface area (Å²) in [5.74, 6) is -0.354. The molecule has 0 spiro atoms. The first-order valence-electron chi connectivity index (χ1n) is 8.25. The summed E-state index contributed by atoms with van der Waals surface area (Å²) in [5, 5.41) is 4.19. The van der Waals surface area contributed by atoms with Crippen LogP contribution in [0.25, 0.3) is 11.0 Å². The molecule has 7 heteroatoms. The van der Waals surface area contributed by atoms with Crippen LogP contribution in [0.3, 0.4) is 0 Å². The highest BCUT2D eigenvalue weighted by Crippen LogP contribution is 2.07. The molecule has 0 aliphatic rings. The quantitative estimate of drug-likeness (QED) is 0.547. The molecule has 4 rings (SSSR count). The molecule has 0 unspecified atom stereocenters. The van der Waals surface area contributed by atoms with Gasteiger partial charge in [0.05, 0.1) is 4.53 Å². The fourth-order valence-electron chi connectivity index (χ4n) is 2.66. The van der Waals surface area contributed by atoms with Crippen LogP contribution in [-0.4, -0.2) is 14.6 Å². The number of halogens is 1. The zero-order chi connectivity index (χ0) is 19.0. The van der Waals surface area contributed by atoms with Crippen LogP contribution in [0.2, 0.25) is 0 Å². The van der Waals surface area contributed by atoms with E-state index in [-0.39, 0.29) is 28.5 Å². The van der Waals surface area contributed by atoms with Crippen LogP contribution >= 0.6 is 11.3 Å². The highest BCUT2D eigenvalue weighted by molar-refractivity contribution is 7.15. The Kier molecular flexibility index (Phi) is 4.37. The summed E-state index contributed by atoms with van der Waals surface area (Å²) in [6.45, 7) is 1.99. The average molecular weight is 379 g/mol. The van der Waals surface area contributed by atoms with Crippen molar-refractivity contribution < 1.29 is 4.39 Å². The number of nitrogens with zero attached hydrogens (tertiary/aromatic N) is 3. The average Bonchev–Trinajstić information content (AvgIpc) is 2.94. The molecule has 0 N–H and O–H groups in total. The summed E-state index contributed by atoms with van der Waals surface area (Å²) in [5.41, 5.74) is 2.09. The minimum atomic E-state index is -0.484. The van der Waals surface area contributed by atoms with Crippen molar-refractivity contribution in [1.82, 2.24) is 14.6 Å². The lowest BCUT2D eigenvalue weighted by Gasteiger charge is -2.00. The number of aromatic nitrogens is 3. The van der Waals surface area contributed by atoms with Crippen LogP contribution < -0.4 is 15.7 Å². The summed E-state index contributed by atoms with van der Waals surface area (Å²) >= 11 is 1.13. The number of thiazole rings is 1. The Bertz CT molecular complexity index is 1290. The largest absolute Gasteiger partial charge is 0.296 e. The Hall–Kier alpha value is -3.19. The number of aryl methyl sites for hydroxylation is 1. The van der Waals surface area contributed by atoms with E-state index < -0.39 is 5.56 Å². The molecule has 0 aliphatic heterocycles. The van der Waals surface area contributed by atoms with Crippen molar-refractivity contribution in [1.29, 1.82) is 0 Å². The van der Waals surface area contributed by atoms with E-state index in [1.165, 1.54) is 12.1 Å². The van der Waals surface area contributed by atoms with Crippen molar-refractivity contribution in [3.8, 4) is 0 Å². The van der Waals surface area contributed by atoms with Crippen LogP contribution in [0.1, 0.15) is 22.4 Å². The van der Waals surface area contributed by atoms with Crippen molar-refractivity contribution >= 4 is 22.4 Å². The van der Waals surface area contributed by atoms with Crippen molar-refractivity contribution in [3.63, 3.8) is 0 Å². The van der Waals surface area contributed by atoms with Gasteiger partial charge >= 0.3 is 0 Å². The summed E-state index contributed by atoms with van der Waals surface area (Å²) in [6, 6.07) is 13.6. The zero-order valence-electron chi connectivity index (χ0n) is 14.3. The molecule has 0 atom stereocenters. The van der Waals surface area contributed by atoms with Crippen LogP contribution in [0.4, 0.5) is 4.39 Å². The van der Waals surface area contributed by atoms with E-state index in [1.54, 1.807) is 18.2 Å². The first-order valence-corrected chi connectivity index (χ1v) is 9.07. The second-order valence-electron chi connectivity index (χ2n) is 6.19. The summed E-state index contributed by atoms with van der Waals surface area (Å²) < 4.78 is 14.6. The van der Waals surface area contributed by atoms with Gasteiger partial charge in [0, 0.05) is 6.42 Å². The predicted octanol–water partition coefficient (Wildman–Crippen LogP) is 2.10. The SMILES string of the molecule is Cc1ccc(C=c2sc3nc(=O)c(Cc4ccc(F)cc4)nn3c2=O)cc1. The van der Waals surface area contributed by atoms with Crippen molar-refractivity contribution in [2.24, 2.45) is 0 Å². The van der Waals surface area contributed by atoms with Gasteiger partial charge in [-0.1, -0.05) is 53.3 Å². The molecule has 2 aromatic carbocycles. The molecule has 2 heterocycles. The standard InChI is InChI=1S/C20H14FN3O2S/c1-12-2-4-14(5-3-12)11-17-19(26)24-20(27-17)22-18(25)16(23-24)10-13-6-8-15(21)9-7-13/h2-9,11H,10H2,1H3. The van der Waals surface area contributed by atoms with Gasteiger partial charge in [-0.2, -0.15) is 14.6 Å². The first kappa shape index (κ1) is 17.2. The van der Waals surface area contributed by atoms with E-state index in [0.29, 0.717) is 4.53 Å². The van der Waals surface area contributed by atoms with Gasteiger partial charge in [-0.25, -0.2) is 4.39 Å². The summed E-state index contributed by atoms with van der Waals surface area (Å²) in [6.07, 6.45) is 1.94. The summed E-state index contributed by atoms with van der Waals surface area (Å²) in [7, 11) is 0. The first-order chi connectivity index (χ1) is 13.0. The molecule has 0 saturated carbocycles. The zero-order valence-corrected chi connectivity index (χ0v) is 15.2. The Morgan fingerprint density at radius 2 is 1.78 bits per heavy atom. The maximum absolute atomic E-state index is 13.0. The lowest BCUT2D eigenvalue weighted by molar-refractivity contribution is 0.627. The molecule has 0 amide bonds. The number of hydrogen-bond donors (Lipinski definition) is 0. The summed E-state index contributed by atoms with van der Waals surface area (Å²) in [4.78, 5) is 29.2. The van der Waals surface area contributed by atoms with Crippen molar-refractivity contribution in [2.75, 3.05) is 0 Å². The number of fused-ring (bicyclic) bond motifs is 1. The second-order valence-corrected chi connectivity index (χ2v) is 7.20. The number of benzene rings is 2. The third-order valence-electron chi connectivity index (χ3n) is 4.11. The number of rotatable bonds is 3. The Morgan fingerprint density at radius 3 is 2.48 bits per heavy atom. The topological polar surface area (TPSA) is 64.3 Å². The molecule has 27 heavy (non-hydrogen) atoms. The van der Waals surface area contributed by atoms with Gasteiger partial charge in [0.1, 0.15) is 11.5 Å². The van der Waals surface area contributed by atoms with Crippen molar-refractivity contribution in [3.05, 3.63) is 102 Å². The van der Waals surface area contributed by atoms with E-state index in [4.69, 9.17) is 0 Å². The lowest BCUT2D eigenvalue weighted by atomic mass is 10.1. The van der Waals surface area contributed by atoms with E-state index in [1.807, 2.05) is 31.2 Å². The molecular formula is C20H14FN3O2S. The number of hydrogen-bond acceptors (Lipinski definition) is 5. The fourth-order valence-corrected chi connectivity index (χ4v) is 3.57. The Morgan fingerprint density at radius 1 is 1.07 bits per heavy atom. The van der Waals surface area contributed by atoms with E-state index in [2.05, 4.69) is 10.1 Å². The molecule has 4 aromatic rings. The van der Waals surface area contributed by atoms with Crippen LogP contribution in [0.15, 0.2) is 58.1 Å². The highest BCUT2D eigenvalue weighted by atomic mass is 32.1. The maximum atomic E-state index is 13.0. The molecule has 0 bridgehead atoms. The van der Waals surface area contributed by atoms with Gasteiger partial charge in [-0.15, -0.1) is 0 Å². The lowest BCUT2D eigenvalue weighted by Crippen LogP contribution is -2.28. The van der Waals surface area contributed by atoms with E-state index in [0.717, 1.165) is 32.5 Å². The highest BCUT2D eigenvalue weighted by Gasteiger charge is 2.11. The van der Waals surface area contributed by atoms with Gasteiger partial charge in [-0.05, 0) is 36.3 Å². The van der Waals surface area contributed by atoms with Crippen LogP contribution in [0.5, 0.6) is 0 Å². The molecule has 0 fully saturated rings. The normalized spacial score (nSPS) is 12.0. The smallest absolute Gasteiger partial charge is 0.266 e. The molecule has 134 valence electrons. The van der Waals surface area contributed by atoms with Crippen LogP contribution in [-0.2, 0) is 6.42 Å². The molecule has 2 aromatic heterocycles. The second kappa shape index (κ2) is 6.85.